The number of imide groups is 1. The molecule has 7 atom stereocenters. The Morgan fingerprint density at radius 2 is 1.67 bits per heavy atom. The van der Waals surface area contributed by atoms with E-state index in [9.17, 15) is 28.8 Å². The van der Waals surface area contributed by atoms with Gasteiger partial charge in [0.25, 0.3) is 0 Å². The Morgan fingerprint density at radius 1 is 0.928 bits per heavy atom. The molecule has 5 heterocycles. The van der Waals surface area contributed by atoms with E-state index in [0.717, 1.165) is 61.8 Å². The lowest BCUT2D eigenvalue weighted by atomic mass is 9.50. The number of halogens is 3. The normalized spacial score (nSPS) is 31.9. The standard InChI is InChI=1S/C52H62Cl2FN7O7/c1-29(28-61-24-19-30(20-25-61)32-11-16-38-40(26-32)60(3)49(68)62(38)39-17-18-41(63)58-45(39)64)69-47(66)31-9-13-34(14-10-31)56-46(65)42-43(50(2)21-7-8-36(54)44(50)55)52(51(59-42)22-5-4-6-23-51)35-15-12-33(53)27-37(35)57-48(52)67/h7-8,11-12,15-16,21,26-27,29-31,34,39,42-44,59H,4-6,9-10,13-14,17-20,22-25,28H2,1-3H3,(H,56,65)(H,57,67)(H,58,63,64)/t29-,31?,34?,39?,42+,43+,44?,50?,52+/m0/s1. The third-order valence-corrected chi connectivity index (χ3v) is 17.6. The first-order valence-electron chi connectivity index (χ1n) is 24.9. The molecular weight excluding hydrogens is 925 g/mol. The maximum atomic E-state index is 16.8. The molecule has 14 nitrogen and oxygen atoms in total. The SMILES string of the molecule is C[C@@H](CN1CCC(c2ccc3c(c2)n(C)c(=O)n3C2CCC(=O)NC2=O)CC1)OC(=O)C1CCC(NC(=O)[C@@H]2NC3(CCCCC3)[C@@]3(C(=O)Nc4cc(Cl)ccc43)[C@H]2C2(C)C=CC=C(Cl)C2F)CC1. The minimum absolute atomic E-state index is 0.0289. The van der Waals surface area contributed by atoms with Gasteiger partial charge < -0.3 is 15.4 Å². The van der Waals surface area contributed by atoms with Crippen LogP contribution in [0.5, 0.6) is 0 Å². The van der Waals surface area contributed by atoms with Gasteiger partial charge in [0, 0.05) is 53.6 Å². The molecule has 2 spiro atoms. The van der Waals surface area contributed by atoms with Gasteiger partial charge in [-0.1, -0.05) is 73.7 Å². The molecule has 2 aromatic carbocycles. The Kier molecular flexibility index (Phi) is 12.8. The summed E-state index contributed by atoms with van der Waals surface area (Å²) in [5, 5.41) is 13.0. The number of benzene rings is 2. The number of aromatic nitrogens is 2. The maximum Gasteiger partial charge on any atom is 0.329 e. The van der Waals surface area contributed by atoms with Gasteiger partial charge in [0.05, 0.1) is 28.0 Å². The smallest absolute Gasteiger partial charge is 0.329 e. The minimum Gasteiger partial charge on any atom is -0.461 e. The van der Waals surface area contributed by atoms with Crippen LogP contribution >= 0.6 is 23.2 Å². The molecule has 0 bridgehead atoms. The van der Waals surface area contributed by atoms with Gasteiger partial charge in [-0.25, -0.2) is 9.18 Å². The van der Waals surface area contributed by atoms with Crippen molar-refractivity contribution in [3.05, 3.63) is 86.3 Å². The van der Waals surface area contributed by atoms with Crippen molar-refractivity contribution < 1.29 is 33.1 Å². The molecule has 10 rings (SSSR count). The van der Waals surface area contributed by atoms with E-state index < -0.39 is 46.4 Å². The predicted molar refractivity (Wildman–Crippen MR) is 261 cm³/mol. The van der Waals surface area contributed by atoms with E-state index in [0.29, 0.717) is 61.3 Å². The molecule has 3 unspecified atom stereocenters. The van der Waals surface area contributed by atoms with Crippen LogP contribution in [0.15, 0.2) is 64.5 Å². The van der Waals surface area contributed by atoms with E-state index in [1.165, 1.54) is 10.6 Å². The lowest BCUT2D eigenvalue weighted by Crippen LogP contribution is -2.62. The molecule has 3 aromatic rings. The van der Waals surface area contributed by atoms with E-state index in [1.54, 1.807) is 42.8 Å². The first kappa shape index (κ1) is 47.8. The minimum atomic E-state index is -1.66. The van der Waals surface area contributed by atoms with Gasteiger partial charge in [0.15, 0.2) is 0 Å². The molecule has 5 fully saturated rings. The molecule has 7 aliphatic rings. The number of fused-ring (bicyclic) bond motifs is 4. The van der Waals surface area contributed by atoms with Crippen LogP contribution in [0, 0.1) is 17.3 Å². The van der Waals surface area contributed by atoms with Crippen LogP contribution < -0.4 is 27.0 Å². The zero-order valence-corrected chi connectivity index (χ0v) is 41.0. The predicted octanol–water partition coefficient (Wildman–Crippen LogP) is 6.98. The molecule has 1 aromatic heterocycles. The molecule has 4 amide bonds. The lowest BCUT2D eigenvalue weighted by molar-refractivity contribution is -0.155. The number of carbonyl (C=O) groups is 5. The Hall–Kier alpha value is -4.83. The van der Waals surface area contributed by atoms with Gasteiger partial charge in [-0.3, -0.25) is 48.6 Å². The summed E-state index contributed by atoms with van der Waals surface area (Å²) < 4.78 is 26.0. The highest BCUT2D eigenvalue weighted by atomic mass is 35.5. The highest BCUT2D eigenvalue weighted by Gasteiger charge is 2.75. The summed E-state index contributed by atoms with van der Waals surface area (Å²) in [6.45, 7) is 5.96. The Morgan fingerprint density at radius 3 is 2.39 bits per heavy atom. The Bertz CT molecular complexity index is 2710. The second-order valence-corrected chi connectivity index (χ2v) is 22.0. The van der Waals surface area contributed by atoms with Crippen molar-refractivity contribution >= 4 is 69.5 Å². The second kappa shape index (κ2) is 18.4. The van der Waals surface area contributed by atoms with Crippen molar-refractivity contribution in [3.8, 4) is 0 Å². The molecular formula is C52H62Cl2FN7O7. The van der Waals surface area contributed by atoms with Gasteiger partial charge in [0.2, 0.25) is 23.6 Å². The van der Waals surface area contributed by atoms with Gasteiger partial charge in [0.1, 0.15) is 23.7 Å². The molecule has 4 N–H and O–H groups in total. The van der Waals surface area contributed by atoms with Crippen LogP contribution in [0.1, 0.15) is 120 Å². The first-order chi connectivity index (χ1) is 33.0. The van der Waals surface area contributed by atoms with Gasteiger partial charge >= 0.3 is 11.7 Å². The number of piperidine rings is 2. The summed E-state index contributed by atoms with van der Waals surface area (Å²) in [5.74, 6) is -2.43. The van der Waals surface area contributed by atoms with Crippen LogP contribution in [0.25, 0.3) is 11.0 Å². The van der Waals surface area contributed by atoms with Crippen molar-refractivity contribution in [2.45, 2.75) is 145 Å². The number of nitrogens with zero attached hydrogens (tertiary/aromatic N) is 3. The first-order valence-corrected chi connectivity index (χ1v) is 25.7. The number of aryl methyl sites for hydroxylation is 1. The van der Waals surface area contributed by atoms with E-state index in [2.05, 4.69) is 26.2 Å². The van der Waals surface area contributed by atoms with E-state index in [1.807, 2.05) is 31.2 Å². The Labute approximate surface area is 411 Å². The number of alkyl halides is 1. The average molecular weight is 987 g/mol. The largest absolute Gasteiger partial charge is 0.461 e. The summed E-state index contributed by atoms with van der Waals surface area (Å²) >= 11 is 13.0. The third-order valence-electron chi connectivity index (χ3n) is 17.1. The second-order valence-electron chi connectivity index (χ2n) is 21.1. The number of hydrogen-bond acceptors (Lipinski definition) is 9. The number of rotatable bonds is 9. The summed E-state index contributed by atoms with van der Waals surface area (Å²) in [6, 6.07) is 9.48. The molecule has 69 heavy (non-hydrogen) atoms. The number of esters is 1. The number of imidazole rings is 1. The molecule has 0 radical (unpaired) electrons. The van der Waals surface area contributed by atoms with E-state index >= 15 is 4.39 Å². The summed E-state index contributed by atoms with van der Waals surface area (Å²) in [6.07, 6.45) is 11.6. The average Bonchev–Trinajstić information content (AvgIpc) is 3.88. The fraction of sp³-hybridized carbons (Fsp3) is 0.577. The third kappa shape index (κ3) is 8.07. The quantitative estimate of drug-likeness (QED) is 0.131. The number of nitrogens with one attached hydrogen (secondary N) is 4. The van der Waals surface area contributed by atoms with Gasteiger partial charge in [-0.2, -0.15) is 0 Å². The van der Waals surface area contributed by atoms with Crippen LogP contribution in [-0.4, -0.2) is 93.2 Å². The molecule has 368 valence electrons. The van der Waals surface area contributed by atoms with Crippen molar-refractivity contribution in [1.29, 1.82) is 0 Å². The molecule has 3 aliphatic carbocycles. The van der Waals surface area contributed by atoms with Crippen molar-refractivity contribution in [2.75, 3.05) is 25.0 Å². The maximum absolute atomic E-state index is 16.8. The summed E-state index contributed by atoms with van der Waals surface area (Å²) in [5.41, 5.74) is 0.116. The van der Waals surface area contributed by atoms with Crippen molar-refractivity contribution in [2.24, 2.45) is 24.3 Å². The highest BCUT2D eigenvalue weighted by Crippen LogP contribution is 2.65. The molecule has 2 saturated carbocycles. The Balaban J connectivity index is 0.759. The topological polar surface area (TPSA) is 173 Å². The number of hydrogen-bond donors (Lipinski definition) is 4. The number of carbonyl (C=O) groups excluding carboxylic acids is 5. The van der Waals surface area contributed by atoms with Crippen molar-refractivity contribution in [1.82, 2.24) is 30.0 Å². The van der Waals surface area contributed by atoms with Crippen LogP contribution in [-0.2, 0) is 41.2 Å². The number of allylic oxidation sites excluding steroid dienone is 4. The fourth-order valence-electron chi connectivity index (χ4n) is 13.7. The van der Waals surface area contributed by atoms with Gasteiger partial charge in [-0.05, 0) is 125 Å². The van der Waals surface area contributed by atoms with Crippen LogP contribution in [0.3, 0.4) is 0 Å². The number of ether oxygens (including phenoxy) is 1. The zero-order chi connectivity index (χ0) is 48.6. The molecule has 17 heteroatoms. The monoisotopic (exact) mass is 985 g/mol. The molecule has 4 aliphatic heterocycles. The van der Waals surface area contributed by atoms with Crippen LogP contribution in [0.2, 0.25) is 5.02 Å². The number of anilines is 1. The van der Waals surface area contributed by atoms with Crippen LogP contribution in [0.4, 0.5) is 10.1 Å². The van der Waals surface area contributed by atoms with E-state index in [4.69, 9.17) is 27.9 Å². The molecule has 3 saturated heterocycles. The number of likely N-dealkylation sites (tertiary alicyclic amines) is 1. The van der Waals surface area contributed by atoms with E-state index in [-0.39, 0.29) is 71.2 Å². The highest BCUT2D eigenvalue weighted by molar-refractivity contribution is 6.31. The summed E-state index contributed by atoms with van der Waals surface area (Å²) in [7, 11) is 1.71. The fourth-order valence-corrected chi connectivity index (χ4v) is 14.2. The van der Waals surface area contributed by atoms with Crippen molar-refractivity contribution in [3.63, 3.8) is 0 Å². The summed E-state index contributed by atoms with van der Waals surface area (Å²) in [4.78, 5) is 83.4. The lowest BCUT2D eigenvalue weighted by Gasteiger charge is -2.51. The number of amides is 4. The zero-order valence-electron chi connectivity index (χ0n) is 39.5. The van der Waals surface area contributed by atoms with Gasteiger partial charge in [-0.15, -0.1) is 0 Å².